The van der Waals surface area contributed by atoms with Gasteiger partial charge in [0.2, 0.25) is 0 Å². The molecule has 4 nitrogen and oxygen atoms in total. The van der Waals surface area contributed by atoms with Gasteiger partial charge in [0, 0.05) is 24.9 Å². The molecule has 18 heavy (non-hydrogen) atoms. The van der Waals surface area contributed by atoms with Crippen LogP contribution >= 0.6 is 11.3 Å². The van der Waals surface area contributed by atoms with Crippen LogP contribution in [0.4, 0.5) is 0 Å². The van der Waals surface area contributed by atoms with Crippen molar-refractivity contribution < 1.29 is 8.42 Å². The lowest BCUT2D eigenvalue weighted by Crippen LogP contribution is -2.35. The predicted octanol–water partition coefficient (Wildman–Crippen LogP) is 1.80. The maximum Gasteiger partial charge on any atom is 0.156 e. The maximum atomic E-state index is 11.8. The number of nitrogens with one attached hydrogen (secondary N) is 1. The summed E-state index contributed by atoms with van der Waals surface area (Å²) in [5, 5.41) is 6.27. The summed E-state index contributed by atoms with van der Waals surface area (Å²) >= 11 is 1.64. The Hall–Kier alpha value is -0.460. The number of aromatic nitrogens is 1. The van der Waals surface area contributed by atoms with E-state index in [4.69, 9.17) is 0 Å². The summed E-state index contributed by atoms with van der Waals surface area (Å²) in [6, 6.07) is 0. The summed E-state index contributed by atoms with van der Waals surface area (Å²) in [5.74, 6) is 0.187. The van der Waals surface area contributed by atoms with E-state index in [-0.39, 0.29) is 5.75 Å². The van der Waals surface area contributed by atoms with Crippen molar-refractivity contribution in [2.45, 2.75) is 38.9 Å². The van der Waals surface area contributed by atoms with Crippen LogP contribution < -0.4 is 5.32 Å². The number of sulfone groups is 1. The van der Waals surface area contributed by atoms with Crippen LogP contribution in [0.15, 0.2) is 5.38 Å². The first kappa shape index (κ1) is 15.6. The van der Waals surface area contributed by atoms with Gasteiger partial charge in [0.15, 0.2) is 9.84 Å². The molecule has 6 heteroatoms. The number of nitrogens with zero attached hydrogens (tertiary/aromatic N) is 1. The van der Waals surface area contributed by atoms with Crippen molar-refractivity contribution >= 4 is 21.2 Å². The Morgan fingerprint density at radius 2 is 2.00 bits per heavy atom. The molecular formula is C12H22N2O2S2. The van der Waals surface area contributed by atoms with E-state index in [1.54, 1.807) is 32.1 Å². The van der Waals surface area contributed by atoms with Gasteiger partial charge in [-0.25, -0.2) is 13.4 Å². The van der Waals surface area contributed by atoms with Gasteiger partial charge in [-0.3, -0.25) is 0 Å². The average molecular weight is 290 g/mol. The van der Waals surface area contributed by atoms with Gasteiger partial charge >= 0.3 is 0 Å². The van der Waals surface area contributed by atoms with E-state index >= 15 is 0 Å². The topological polar surface area (TPSA) is 59.1 Å². The van der Waals surface area contributed by atoms with Gasteiger partial charge in [0.1, 0.15) is 0 Å². The van der Waals surface area contributed by atoms with E-state index in [9.17, 15) is 8.42 Å². The second-order valence-electron chi connectivity index (χ2n) is 5.29. The van der Waals surface area contributed by atoms with Gasteiger partial charge in [-0.2, -0.15) is 0 Å². The first-order valence-electron chi connectivity index (χ1n) is 6.06. The Morgan fingerprint density at radius 1 is 1.33 bits per heavy atom. The largest absolute Gasteiger partial charge is 0.315 e. The van der Waals surface area contributed by atoms with E-state index in [2.05, 4.69) is 10.3 Å². The van der Waals surface area contributed by atoms with Crippen LogP contribution in [0.5, 0.6) is 0 Å². The van der Waals surface area contributed by atoms with Crippen molar-refractivity contribution in [2.75, 3.05) is 18.8 Å². The summed E-state index contributed by atoms with van der Waals surface area (Å²) in [5.41, 5.74) is 1.07. The number of rotatable bonds is 6. The molecule has 0 saturated carbocycles. The van der Waals surface area contributed by atoms with E-state index in [1.165, 1.54) is 0 Å². The molecule has 0 aliphatic heterocycles. The third-order valence-electron chi connectivity index (χ3n) is 2.71. The Bertz CT molecular complexity index is 473. The number of hydrogen-bond acceptors (Lipinski definition) is 5. The monoisotopic (exact) mass is 290 g/mol. The molecule has 1 rings (SSSR count). The van der Waals surface area contributed by atoms with Gasteiger partial charge in [-0.15, -0.1) is 11.3 Å². The highest BCUT2D eigenvalue weighted by Crippen LogP contribution is 2.15. The van der Waals surface area contributed by atoms with Gasteiger partial charge in [0.05, 0.1) is 21.2 Å². The fourth-order valence-electron chi connectivity index (χ4n) is 1.38. The van der Waals surface area contributed by atoms with Crippen LogP contribution in [0.25, 0.3) is 0 Å². The number of hydrogen-bond donors (Lipinski definition) is 1. The molecule has 0 unspecified atom stereocenters. The van der Waals surface area contributed by atoms with Crippen LogP contribution in [0.3, 0.4) is 0 Å². The van der Waals surface area contributed by atoms with Crippen LogP contribution in [0.2, 0.25) is 0 Å². The molecule has 0 aliphatic rings. The van der Waals surface area contributed by atoms with Crippen molar-refractivity contribution in [2.24, 2.45) is 0 Å². The van der Waals surface area contributed by atoms with Crippen molar-refractivity contribution in [3.8, 4) is 0 Å². The molecular weight excluding hydrogens is 268 g/mol. The first-order valence-corrected chi connectivity index (χ1v) is 8.59. The maximum absolute atomic E-state index is 11.8. The lowest BCUT2D eigenvalue weighted by molar-refractivity contribution is 0.556. The summed E-state index contributed by atoms with van der Waals surface area (Å²) in [7, 11) is -3.01. The Labute approximate surface area is 114 Å². The highest BCUT2D eigenvalue weighted by molar-refractivity contribution is 7.92. The van der Waals surface area contributed by atoms with Crippen molar-refractivity contribution in [3.63, 3.8) is 0 Å². The van der Waals surface area contributed by atoms with Gasteiger partial charge in [-0.05, 0) is 27.7 Å². The lowest BCUT2D eigenvalue weighted by Gasteiger charge is -2.19. The fourth-order valence-corrected chi connectivity index (χ4v) is 3.05. The minimum Gasteiger partial charge on any atom is -0.315 e. The van der Waals surface area contributed by atoms with Crippen LogP contribution in [-0.2, 0) is 16.3 Å². The normalized spacial score (nSPS) is 12.9. The SMILES string of the molecule is Cc1nc(CCNCCS(=O)(=O)C(C)(C)C)cs1. The van der Waals surface area contributed by atoms with Crippen LogP contribution in [-0.4, -0.2) is 37.0 Å². The molecule has 1 N–H and O–H groups in total. The molecule has 0 aromatic carbocycles. The lowest BCUT2D eigenvalue weighted by atomic mass is 10.3. The summed E-state index contributed by atoms with van der Waals surface area (Å²) in [6.07, 6.45) is 0.847. The molecule has 0 spiro atoms. The summed E-state index contributed by atoms with van der Waals surface area (Å²) < 4.78 is 23.0. The second-order valence-corrected chi connectivity index (χ2v) is 9.21. The first-order chi connectivity index (χ1) is 8.22. The summed E-state index contributed by atoms with van der Waals surface area (Å²) in [4.78, 5) is 4.36. The van der Waals surface area contributed by atoms with E-state index in [0.717, 1.165) is 23.7 Å². The highest BCUT2D eigenvalue weighted by atomic mass is 32.2. The third-order valence-corrected chi connectivity index (χ3v) is 6.14. The van der Waals surface area contributed by atoms with E-state index in [0.29, 0.717) is 6.54 Å². The number of aryl methyl sites for hydroxylation is 1. The molecule has 0 radical (unpaired) electrons. The molecule has 1 aromatic rings. The molecule has 0 aliphatic carbocycles. The van der Waals surface area contributed by atoms with Crippen molar-refractivity contribution in [1.29, 1.82) is 0 Å². The van der Waals surface area contributed by atoms with Crippen LogP contribution in [0, 0.1) is 6.92 Å². The van der Waals surface area contributed by atoms with Crippen LogP contribution in [0.1, 0.15) is 31.5 Å². The highest BCUT2D eigenvalue weighted by Gasteiger charge is 2.27. The zero-order chi connectivity index (χ0) is 13.8. The molecule has 0 bridgehead atoms. The molecule has 0 fully saturated rings. The molecule has 104 valence electrons. The third kappa shape index (κ3) is 4.66. The van der Waals surface area contributed by atoms with Gasteiger partial charge in [-0.1, -0.05) is 0 Å². The Kier molecular flexibility index (Phi) is 5.31. The minimum atomic E-state index is -3.01. The van der Waals surface area contributed by atoms with Gasteiger partial charge < -0.3 is 5.32 Å². The zero-order valence-electron chi connectivity index (χ0n) is 11.5. The summed E-state index contributed by atoms with van der Waals surface area (Å²) in [6.45, 7) is 8.46. The molecule has 0 saturated heterocycles. The molecule has 0 atom stereocenters. The number of thiazole rings is 1. The predicted molar refractivity (Wildman–Crippen MR) is 77.0 cm³/mol. The zero-order valence-corrected chi connectivity index (χ0v) is 13.1. The fraction of sp³-hybridized carbons (Fsp3) is 0.750. The Balaban J connectivity index is 2.24. The molecule has 1 aromatic heterocycles. The standard InChI is InChI=1S/C12H22N2O2S2/c1-10-14-11(9-17-10)5-6-13-7-8-18(15,16)12(2,3)4/h9,13H,5-8H2,1-4H3. The second kappa shape index (κ2) is 6.12. The van der Waals surface area contributed by atoms with Gasteiger partial charge in [0.25, 0.3) is 0 Å². The average Bonchev–Trinajstić information content (AvgIpc) is 2.62. The minimum absolute atomic E-state index is 0.187. The molecule has 0 amide bonds. The van der Waals surface area contributed by atoms with E-state index < -0.39 is 14.6 Å². The van der Waals surface area contributed by atoms with Crippen molar-refractivity contribution in [3.05, 3.63) is 16.1 Å². The smallest absolute Gasteiger partial charge is 0.156 e. The quantitative estimate of drug-likeness (QED) is 0.812. The van der Waals surface area contributed by atoms with Crippen molar-refractivity contribution in [1.82, 2.24) is 10.3 Å². The Morgan fingerprint density at radius 3 is 2.50 bits per heavy atom. The van der Waals surface area contributed by atoms with E-state index in [1.807, 2.05) is 12.3 Å². The molecule has 1 heterocycles.